The van der Waals surface area contributed by atoms with Gasteiger partial charge in [0.15, 0.2) is 0 Å². The topological polar surface area (TPSA) is 29.5 Å². The molecule has 1 unspecified atom stereocenters. The van der Waals surface area contributed by atoms with E-state index < -0.39 is 20.8 Å². The number of ether oxygens (including phenoxy) is 1. The van der Waals surface area contributed by atoms with Gasteiger partial charge in [0.05, 0.1) is 7.11 Å². The van der Waals surface area contributed by atoms with E-state index in [9.17, 15) is 9.50 Å². The van der Waals surface area contributed by atoms with Crippen LogP contribution < -0.4 is 15.3 Å². The molecule has 2 aromatic carbocycles. The molecule has 21 heavy (non-hydrogen) atoms. The first-order valence-electron chi connectivity index (χ1n) is 5.88. The molecule has 0 aliphatic heterocycles. The van der Waals surface area contributed by atoms with Crippen LogP contribution in [0.2, 0.25) is 0 Å². The standard InChI is InChI=1S/C14H14FO2P.2ClH.Zr/c1-9-3-6-13(11(15)7-9)18-14-8-10(17-2)4-5-12(14)16;;;/h3-8,16,18H,1-2H3;2*1H;/q;;;+2/p-2. The quantitative estimate of drug-likeness (QED) is 0.756. The SMILES string of the molecule is COc1ccc(O)c(Pc2ccc(C)cc2F)c1.[Cl][Zr][Cl]. The molecule has 2 rings (SSSR count). The average Bonchev–Trinajstić information content (AvgIpc) is 2.45. The molecule has 0 saturated heterocycles. The van der Waals surface area contributed by atoms with Crippen molar-refractivity contribution < 1.29 is 35.1 Å². The molecule has 0 saturated carbocycles. The molecule has 2 nitrogen and oxygen atoms in total. The van der Waals surface area contributed by atoms with Crippen LogP contribution in [0.5, 0.6) is 11.5 Å². The Kier molecular flexibility index (Phi) is 8.82. The van der Waals surface area contributed by atoms with E-state index in [0.29, 0.717) is 16.4 Å². The van der Waals surface area contributed by atoms with E-state index in [0.717, 1.165) is 5.56 Å². The van der Waals surface area contributed by atoms with Gasteiger partial charge in [-0.3, -0.25) is 0 Å². The van der Waals surface area contributed by atoms with Crippen LogP contribution in [0.3, 0.4) is 0 Å². The predicted octanol–water partition coefficient (Wildman–Crippen LogP) is 3.85. The van der Waals surface area contributed by atoms with Crippen LogP contribution in [-0.4, -0.2) is 12.2 Å². The molecule has 0 amide bonds. The van der Waals surface area contributed by atoms with Gasteiger partial charge < -0.3 is 9.84 Å². The molecule has 1 N–H and O–H groups in total. The average molecular weight is 426 g/mol. The Morgan fingerprint density at radius 1 is 1.14 bits per heavy atom. The second-order valence-electron chi connectivity index (χ2n) is 4.06. The summed E-state index contributed by atoms with van der Waals surface area (Å²) < 4.78 is 18.8. The van der Waals surface area contributed by atoms with Gasteiger partial charge in [-0.25, -0.2) is 4.39 Å². The summed E-state index contributed by atoms with van der Waals surface area (Å²) in [6.45, 7) is 1.85. The number of hydrogen-bond acceptors (Lipinski definition) is 2. The zero-order chi connectivity index (χ0) is 15.8. The Morgan fingerprint density at radius 2 is 1.81 bits per heavy atom. The second kappa shape index (κ2) is 9.79. The molecule has 0 fully saturated rings. The van der Waals surface area contributed by atoms with E-state index in [1.165, 1.54) is 6.07 Å². The Labute approximate surface area is 144 Å². The molecule has 0 spiro atoms. The van der Waals surface area contributed by atoms with Gasteiger partial charge in [-0.1, -0.05) is 20.7 Å². The van der Waals surface area contributed by atoms with Crippen LogP contribution in [0.4, 0.5) is 4.39 Å². The predicted molar refractivity (Wildman–Crippen MR) is 85.1 cm³/mol. The van der Waals surface area contributed by atoms with Crippen molar-refractivity contribution in [2.75, 3.05) is 7.11 Å². The third-order valence-electron chi connectivity index (χ3n) is 2.60. The maximum absolute atomic E-state index is 13.7. The molecule has 0 heterocycles. The zero-order valence-electron chi connectivity index (χ0n) is 11.5. The van der Waals surface area contributed by atoms with Crippen molar-refractivity contribution in [2.45, 2.75) is 6.92 Å². The molecule has 112 valence electrons. The van der Waals surface area contributed by atoms with Crippen LogP contribution in [0.25, 0.3) is 0 Å². The van der Waals surface area contributed by atoms with E-state index in [1.807, 2.05) is 13.0 Å². The number of benzene rings is 2. The third kappa shape index (κ3) is 6.24. The summed E-state index contributed by atoms with van der Waals surface area (Å²) in [5.74, 6) is 0.576. The molecule has 1 atom stereocenters. The normalized spacial score (nSPS) is 10.1. The maximum atomic E-state index is 13.7. The van der Waals surface area contributed by atoms with Gasteiger partial charge in [-0.15, -0.1) is 0 Å². The molecule has 7 heteroatoms. The number of halogens is 3. The van der Waals surface area contributed by atoms with E-state index in [-0.39, 0.29) is 20.1 Å². The van der Waals surface area contributed by atoms with Crippen LogP contribution in [-0.2, 0) is 20.8 Å². The zero-order valence-corrected chi connectivity index (χ0v) is 16.4. The summed E-state index contributed by atoms with van der Waals surface area (Å²) in [5, 5.41) is 11.0. The van der Waals surface area contributed by atoms with Crippen LogP contribution in [0.1, 0.15) is 5.56 Å². The summed E-state index contributed by atoms with van der Waals surface area (Å²) in [6, 6.07) is 10.1. The van der Waals surface area contributed by atoms with Gasteiger partial charge in [0.1, 0.15) is 17.3 Å². The van der Waals surface area contributed by atoms with Crippen molar-refractivity contribution in [3.8, 4) is 11.5 Å². The molecule has 0 aliphatic carbocycles. The summed E-state index contributed by atoms with van der Waals surface area (Å²) >= 11 is -0.826. The van der Waals surface area contributed by atoms with Crippen molar-refractivity contribution in [2.24, 2.45) is 0 Å². The van der Waals surface area contributed by atoms with Gasteiger partial charge in [0.25, 0.3) is 0 Å². The Balaban J connectivity index is 0.000000677. The van der Waals surface area contributed by atoms with Gasteiger partial charge in [-0.05, 0) is 36.8 Å². The van der Waals surface area contributed by atoms with Crippen LogP contribution in [0.15, 0.2) is 36.4 Å². The fraction of sp³-hybridized carbons (Fsp3) is 0.143. The van der Waals surface area contributed by atoms with E-state index in [4.69, 9.17) is 21.8 Å². The summed E-state index contributed by atoms with van der Waals surface area (Å²) in [4.78, 5) is 0. The number of phenols is 1. The van der Waals surface area contributed by atoms with Crippen LogP contribution in [0, 0.1) is 12.7 Å². The molecule has 0 radical (unpaired) electrons. The Morgan fingerprint density at radius 3 is 2.38 bits per heavy atom. The molecular formula is C14H14Cl2FO2PZr. The van der Waals surface area contributed by atoms with Crippen molar-refractivity contribution in [1.29, 1.82) is 0 Å². The molecule has 0 bridgehead atoms. The number of phenolic OH excluding ortho intramolecular Hbond substituents is 1. The van der Waals surface area contributed by atoms with Gasteiger partial charge >= 0.3 is 37.9 Å². The molecule has 0 aliphatic rings. The van der Waals surface area contributed by atoms with Gasteiger partial charge in [-0.2, -0.15) is 0 Å². The minimum atomic E-state index is -0.826. The van der Waals surface area contributed by atoms with Crippen molar-refractivity contribution in [3.05, 3.63) is 47.8 Å². The monoisotopic (exact) mass is 424 g/mol. The number of aromatic hydroxyl groups is 1. The summed E-state index contributed by atoms with van der Waals surface area (Å²) in [6.07, 6.45) is 0. The second-order valence-corrected chi connectivity index (χ2v) is 9.12. The minimum absolute atomic E-state index is 0.0652. The van der Waals surface area contributed by atoms with E-state index >= 15 is 0 Å². The number of rotatable bonds is 3. The van der Waals surface area contributed by atoms with Crippen molar-refractivity contribution in [1.82, 2.24) is 0 Å². The van der Waals surface area contributed by atoms with E-state index in [2.05, 4.69) is 0 Å². The van der Waals surface area contributed by atoms with Crippen molar-refractivity contribution >= 4 is 36.2 Å². The number of hydrogen-bond donors (Lipinski definition) is 1. The number of aryl methyl sites for hydroxylation is 1. The van der Waals surface area contributed by atoms with Gasteiger partial charge in [0.2, 0.25) is 0 Å². The number of methoxy groups -OCH3 is 1. The molecule has 2 aromatic rings. The molecular weight excluding hydrogens is 412 g/mol. The first kappa shape index (κ1) is 18.9. The van der Waals surface area contributed by atoms with Gasteiger partial charge in [0, 0.05) is 10.6 Å². The summed E-state index contributed by atoms with van der Waals surface area (Å²) in [7, 11) is 11.5. The first-order chi connectivity index (χ1) is 10.0. The molecule has 0 aromatic heterocycles. The fourth-order valence-electron chi connectivity index (χ4n) is 1.61. The fourth-order valence-corrected chi connectivity index (χ4v) is 2.68. The van der Waals surface area contributed by atoms with Crippen LogP contribution >= 0.6 is 25.6 Å². The summed E-state index contributed by atoms with van der Waals surface area (Å²) in [5.41, 5.74) is 0.885. The van der Waals surface area contributed by atoms with E-state index in [1.54, 1.807) is 31.4 Å². The Hall–Kier alpha value is -0.137. The Bertz CT molecular complexity index is 599. The first-order valence-corrected chi connectivity index (χ1v) is 13.2. The third-order valence-corrected chi connectivity index (χ3v) is 3.94. The van der Waals surface area contributed by atoms with Crippen molar-refractivity contribution in [3.63, 3.8) is 0 Å².